The van der Waals surface area contributed by atoms with Crippen molar-refractivity contribution in [2.45, 2.75) is 27.3 Å². The molecule has 2 rings (SSSR count). The molecule has 0 unspecified atom stereocenters. The highest BCUT2D eigenvalue weighted by Gasteiger charge is 2.08. The summed E-state index contributed by atoms with van der Waals surface area (Å²) in [6.07, 6.45) is 1.80. The summed E-state index contributed by atoms with van der Waals surface area (Å²) in [4.78, 5) is 0. The molecule has 5 heteroatoms. The summed E-state index contributed by atoms with van der Waals surface area (Å²) < 4.78 is 7.14. The number of hydrogen-bond acceptors (Lipinski definition) is 4. The Morgan fingerprint density at radius 2 is 2.15 bits per heavy atom. The zero-order chi connectivity index (χ0) is 14.5. The van der Waals surface area contributed by atoms with Crippen LogP contribution in [-0.2, 0) is 6.54 Å². The van der Waals surface area contributed by atoms with Gasteiger partial charge in [-0.25, -0.2) is 4.68 Å². The Hall–Kier alpha value is -1.88. The standard InChI is InChI=1S/C15H22N4O/c1-11(2)8-16-9-14-10-17-18-19(14)13-5-6-15(20-4)12(3)7-13/h5-7,10-11,16H,8-9H2,1-4H3. The average Bonchev–Trinajstić information content (AvgIpc) is 2.86. The van der Waals surface area contributed by atoms with E-state index in [1.165, 1.54) is 0 Å². The molecule has 5 nitrogen and oxygen atoms in total. The van der Waals surface area contributed by atoms with E-state index < -0.39 is 0 Å². The van der Waals surface area contributed by atoms with E-state index in [0.29, 0.717) is 5.92 Å². The van der Waals surface area contributed by atoms with E-state index in [2.05, 4.69) is 35.5 Å². The Bertz CT molecular complexity index is 563. The fraction of sp³-hybridized carbons (Fsp3) is 0.467. The Kier molecular flexibility index (Phi) is 4.74. The summed E-state index contributed by atoms with van der Waals surface area (Å²) in [5.74, 6) is 1.51. The normalized spacial score (nSPS) is 11.1. The summed E-state index contributed by atoms with van der Waals surface area (Å²) >= 11 is 0. The average molecular weight is 274 g/mol. The Morgan fingerprint density at radius 3 is 2.80 bits per heavy atom. The van der Waals surface area contributed by atoms with Crippen molar-refractivity contribution in [3.05, 3.63) is 35.7 Å². The van der Waals surface area contributed by atoms with Gasteiger partial charge in [0, 0.05) is 6.54 Å². The highest BCUT2D eigenvalue weighted by molar-refractivity contribution is 5.43. The Labute approximate surface area is 120 Å². The molecule has 0 aliphatic heterocycles. The van der Waals surface area contributed by atoms with Crippen LogP contribution in [0, 0.1) is 12.8 Å². The fourth-order valence-electron chi connectivity index (χ4n) is 2.08. The van der Waals surface area contributed by atoms with Crippen molar-refractivity contribution in [3.8, 4) is 11.4 Å². The maximum Gasteiger partial charge on any atom is 0.121 e. The van der Waals surface area contributed by atoms with Gasteiger partial charge in [0.2, 0.25) is 0 Å². The molecule has 1 aromatic heterocycles. The van der Waals surface area contributed by atoms with Crippen LogP contribution in [0.15, 0.2) is 24.4 Å². The van der Waals surface area contributed by atoms with Crippen LogP contribution in [0.3, 0.4) is 0 Å². The monoisotopic (exact) mass is 274 g/mol. The lowest BCUT2D eigenvalue weighted by atomic mass is 10.2. The molecule has 2 aromatic rings. The molecule has 0 spiro atoms. The van der Waals surface area contributed by atoms with Crippen LogP contribution in [0.5, 0.6) is 5.75 Å². The van der Waals surface area contributed by atoms with Gasteiger partial charge in [-0.05, 0) is 43.1 Å². The Balaban J connectivity index is 2.17. The molecule has 1 N–H and O–H groups in total. The molecule has 1 heterocycles. The van der Waals surface area contributed by atoms with Gasteiger partial charge in [-0.1, -0.05) is 19.1 Å². The third kappa shape index (κ3) is 3.36. The first kappa shape index (κ1) is 14.5. The molecule has 0 aliphatic rings. The number of ether oxygens (including phenoxy) is 1. The van der Waals surface area contributed by atoms with Gasteiger partial charge in [0.25, 0.3) is 0 Å². The highest BCUT2D eigenvalue weighted by atomic mass is 16.5. The molecule has 0 fully saturated rings. The van der Waals surface area contributed by atoms with Crippen molar-refractivity contribution in [1.29, 1.82) is 0 Å². The van der Waals surface area contributed by atoms with E-state index in [1.54, 1.807) is 13.3 Å². The van der Waals surface area contributed by atoms with E-state index in [4.69, 9.17) is 4.74 Å². The van der Waals surface area contributed by atoms with E-state index in [0.717, 1.165) is 35.8 Å². The molecule has 108 valence electrons. The van der Waals surface area contributed by atoms with Gasteiger partial charge >= 0.3 is 0 Å². The number of hydrogen-bond donors (Lipinski definition) is 1. The molecule has 0 amide bonds. The first-order chi connectivity index (χ1) is 9.61. The second kappa shape index (κ2) is 6.52. The number of aryl methyl sites for hydroxylation is 1. The molecule has 1 aromatic carbocycles. The minimum Gasteiger partial charge on any atom is -0.496 e. The minimum atomic E-state index is 0.627. The van der Waals surface area contributed by atoms with Crippen LogP contribution >= 0.6 is 0 Å². The molecule has 0 atom stereocenters. The summed E-state index contributed by atoms with van der Waals surface area (Å²) in [7, 11) is 1.68. The predicted molar refractivity (Wildman–Crippen MR) is 79.2 cm³/mol. The van der Waals surface area contributed by atoms with Gasteiger partial charge in [0.1, 0.15) is 5.75 Å². The van der Waals surface area contributed by atoms with Crippen molar-refractivity contribution in [1.82, 2.24) is 20.3 Å². The SMILES string of the molecule is COc1ccc(-n2nncc2CNCC(C)C)cc1C. The van der Waals surface area contributed by atoms with Gasteiger partial charge < -0.3 is 10.1 Å². The van der Waals surface area contributed by atoms with Crippen LogP contribution in [0.1, 0.15) is 25.1 Å². The van der Waals surface area contributed by atoms with Gasteiger partial charge in [0.05, 0.1) is 24.7 Å². The summed E-state index contributed by atoms with van der Waals surface area (Å²) in [6.45, 7) is 8.14. The first-order valence-corrected chi connectivity index (χ1v) is 6.87. The zero-order valence-corrected chi connectivity index (χ0v) is 12.6. The summed E-state index contributed by atoms with van der Waals surface area (Å²) in [5, 5.41) is 11.6. The van der Waals surface area contributed by atoms with E-state index in [-0.39, 0.29) is 0 Å². The van der Waals surface area contributed by atoms with Gasteiger partial charge in [-0.3, -0.25) is 0 Å². The summed E-state index contributed by atoms with van der Waals surface area (Å²) in [5.41, 5.74) is 3.14. The number of nitrogens with one attached hydrogen (secondary N) is 1. The van der Waals surface area contributed by atoms with Crippen molar-refractivity contribution < 1.29 is 4.74 Å². The molecule has 0 bridgehead atoms. The van der Waals surface area contributed by atoms with Crippen molar-refractivity contribution in [2.24, 2.45) is 5.92 Å². The van der Waals surface area contributed by atoms with E-state index in [1.807, 2.05) is 23.7 Å². The van der Waals surface area contributed by atoms with Crippen molar-refractivity contribution in [3.63, 3.8) is 0 Å². The van der Waals surface area contributed by atoms with Crippen molar-refractivity contribution in [2.75, 3.05) is 13.7 Å². The Morgan fingerprint density at radius 1 is 1.35 bits per heavy atom. The van der Waals surface area contributed by atoms with Crippen molar-refractivity contribution >= 4 is 0 Å². The minimum absolute atomic E-state index is 0.627. The maximum absolute atomic E-state index is 5.28. The van der Waals surface area contributed by atoms with E-state index >= 15 is 0 Å². The molecule has 0 radical (unpaired) electrons. The van der Waals surface area contributed by atoms with Crippen LogP contribution in [-0.4, -0.2) is 28.6 Å². The molecule has 0 aliphatic carbocycles. The lowest BCUT2D eigenvalue weighted by molar-refractivity contribution is 0.411. The number of nitrogens with zero attached hydrogens (tertiary/aromatic N) is 3. The maximum atomic E-state index is 5.28. The van der Waals surface area contributed by atoms with Crippen LogP contribution < -0.4 is 10.1 Å². The van der Waals surface area contributed by atoms with Gasteiger partial charge in [0.15, 0.2) is 0 Å². The number of methoxy groups -OCH3 is 1. The number of benzene rings is 1. The largest absolute Gasteiger partial charge is 0.496 e. The smallest absolute Gasteiger partial charge is 0.121 e. The molecular weight excluding hydrogens is 252 g/mol. The quantitative estimate of drug-likeness (QED) is 0.878. The molecule has 0 saturated carbocycles. The second-order valence-corrected chi connectivity index (χ2v) is 5.32. The first-order valence-electron chi connectivity index (χ1n) is 6.87. The topological polar surface area (TPSA) is 52.0 Å². The lowest BCUT2D eigenvalue weighted by Gasteiger charge is -2.11. The second-order valence-electron chi connectivity index (χ2n) is 5.32. The lowest BCUT2D eigenvalue weighted by Crippen LogP contribution is -2.20. The third-order valence-corrected chi connectivity index (χ3v) is 3.10. The number of rotatable bonds is 6. The third-order valence-electron chi connectivity index (χ3n) is 3.10. The summed E-state index contributed by atoms with van der Waals surface area (Å²) in [6, 6.07) is 6.00. The van der Waals surface area contributed by atoms with Crippen LogP contribution in [0.2, 0.25) is 0 Å². The van der Waals surface area contributed by atoms with Gasteiger partial charge in [-0.15, -0.1) is 5.10 Å². The van der Waals surface area contributed by atoms with Gasteiger partial charge in [-0.2, -0.15) is 0 Å². The molecule has 20 heavy (non-hydrogen) atoms. The molecule has 0 saturated heterocycles. The zero-order valence-electron chi connectivity index (χ0n) is 12.6. The number of aromatic nitrogens is 3. The van der Waals surface area contributed by atoms with E-state index in [9.17, 15) is 0 Å². The van der Waals surface area contributed by atoms with Crippen LogP contribution in [0.4, 0.5) is 0 Å². The fourth-order valence-corrected chi connectivity index (χ4v) is 2.08. The molecular formula is C15H22N4O. The highest BCUT2D eigenvalue weighted by Crippen LogP contribution is 2.21. The van der Waals surface area contributed by atoms with Crippen LogP contribution in [0.25, 0.3) is 5.69 Å². The predicted octanol–water partition coefficient (Wildman–Crippen LogP) is 2.33.